The molecule has 33 heavy (non-hydrogen) atoms. The van der Waals surface area contributed by atoms with Crippen molar-refractivity contribution in [1.82, 2.24) is 9.55 Å². The first-order chi connectivity index (χ1) is 16.0. The lowest BCUT2D eigenvalue weighted by Gasteiger charge is -2.16. The predicted molar refractivity (Wildman–Crippen MR) is 122 cm³/mol. The summed E-state index contributed by atoms with van der Waals surface area (Å²) in [7, 11) is 0. The number of ether oxygens (including phenoxy) is 2. The summed E-state index contributed by atoms with van der Waals surface area (Å²) in [4.78, 5) is 40.9. The minimum atomic E-state index is -0.720. The van der Waals surface area contributed by atoms with Crippen molar-refractivity contribution < 1.29 is 19.4 Å². The van der Waals surface area contributed by atoms with E-state index in [1.54, 1.807) is 6.92 Å². The van der Waals surface area contributed by atoms with E-state index < -0.39 is 29.7 Å². The van der Waals surface area contributed by atoms with Gasteiger partial charge in [0.15, 0.2) is 0 Å². The number of unbranched alkanes of at least 4 members (excludes halogenated alkanes) is 8. The number of aromatic nitrogens is 2. The van der Waals surface area contributed by atoms with Gasteiger partial charge in [0, 0.05) is 36.1 Å². The molecule has 1 fully saturated rings. The third-order valence-corrected chi connectivity index (χ3v) is 5.80. The number of aromatic amines is 1. The number of hydrogen-bond acceptors (Lipinski definition) is 7. The van der Waals surface area contributed by atoms with Gasteiger partial charge < -0.3 is 14.6 Å². The molecule has 1 aromatic heterocycles. The Balaban J connectivity index is 1.63. The first-order valence-corrected chi connectivity index (χ1v) is 11.7. The van der Waals surface area contributed by atoms with Crippen LogP contribution in [0.3, 0.4) is 0 Å². The van der Waals surface area contributed by atoms with Crippen molar-refractivity contribution in [2.45, 2.75) is 96.0 Å². The number of H-pyrrole nitrogens is 1. The SMILES string of the molecule is Cc1cn([C@H]2C[C@H](OC(=O)CCCCCCCCCCCN=[N+]=[N-])[C@@H](CO)O2)c(=O)[nH]c1=O. The number of aliphatic hydroxyl groups is 1. The maximum Gasteiger partial charge on any atom is 0.330 e. The Hall–Kier alpha value is -2.62. The van der Waals surface area contributed by atoms with Crippen molar-refractivity contribution >= 4 is 5.97 Å². The maximum atomic E-state index is 12.2. The molecule has 2 rings (SSSR count). The summed E-state index contributed by atoms with van der Waals surface area (Å²) in [6.07, 6.45) is 9.24. The summed E-state index contributed by atoms with van der Waals surface area (Å²) in [6.45, 7) is 1.82. The van der Waals surface area contributed by atoms with Gasteiger partial charge in [0.2, 0.25) is 0 Å². The van der Waals surface area contributed by atoms with Gasteiger partial charge in [-0.05, 0) is 25.3 Å². The van der Waals surface area contributed by atoms with Gasteiger partial charge in [-0.25, -0.2) is 4.79 Å². The highest BCUT2D eigenvalue weighted by Gasteiger charge is 2.38. The Labute approximate surface area is 192 Å². The van der Waals surface area contributed by atoms with Crippen LogP contribution in [0.25, 0.3) is 10.4 Å². The van der Waals surface area contributed by atoms with E-state index in [9.17, 15) is 19.5 Å². The molecule has 0 bridgehead atoms. The van der Waals surface area contributed by atoms with Crippen molar-refractivity contribution in [3.05, 3.63) is 43.0 Å². The number of azide groups is 1. The van der Waals surface area contributed by atoms with Crippen molar-refractivity contribution in [2.24, 2.45) is 5.11 Å². The molecule has 2 heterocycles. The summed E-state index contributed by atoms with van der Waals surface area (Å²) in [5.74, 6) is -0.340. The average molecular weight is 466 g/mol. The lowest BCUT2D eigenvalue weighted by Crippen LogP contribution is -2.33. The third-order valence-electron chi connectivity index (χ3n) is 5.80. The van der Waals surface area contributed by atoms with E-state index in [0.717, 1.165) is 51.4 Å². The molecule has 0 spiro atoms. The number of rotatable bonds is 15. The van der Waals surface area contributed by atoms with Gasteiger partial charge in [0.1, 0.15) is 18.4 Å². The largest absolute Gasteiger partial charge is 0.459 e. The molecule has 1 aliphatic heterocycles. The van der Waals surface area contributed by atoms with Crippen LogP contribution in [0.15, 0.2) is 20.9 Å². The van der Waals surface area contributed by atoms with Crippen LogP contribution < -0.4 is 11.2 Å². The smallest absolute Gasteiger partial charge is 0.330 e. The van der Waals surface area contributed by atoms with Crippen LogP contribution in [-0.2, 0) is 14.3 Å². The monoisotopic (exact) mass is 465 g/mol. The van der Waals surface area contributed by atoms with Gasteiger partial charge in [-0.1, -0.05) is 50.1 Å². The highest BCUT2D eigenvalue weighted by atomic mass is 16.6. The fourth-order valence-corrected chi connectivity index (χ4v) is 3.92. The Morgan fingerprint density at radius 1 is 1.21 bits per heavy atom. The number of nitrogens with zero attached hydrogens (tertiary/aromatic N) is 4. The van der Waals surface area contributed by atoms with E-state index >= 15 is 0 Å². The van der Waals surface area contributed by atoms with Gasteiger partial charge in [-0.15, -0.1) is 0 Å². The highest BCUT2D eigenvalue weighted by molar-refractivity contribution is 5.69. The van der Waals surface area contributed by atoms with E-state index in [1.807, 2.05) is 0 Å². The number of carbonyl (C=O) groups excluding carboxylic acids is 1. The zero-order chi connectivity index (χ0) is 24.1. The number of aryl methyl sites for hydroxylation is 1. The highest BCUT2D eigenvalue weighted by Crippen LogP contribution is 2.30. The molecule has 0 aromatic carbocycles. The number of esters is 1. The van der Waals surface area contributed by atoms with Crippen molar-refractivity contribution in [3.63, 3.8) is 0 Å². The Morgan fingerprint density at radius 2 is 1.85 bits per heavy atom. The minimum absolute atomic E-state index is 0.227. The quantitative estimate of drug-likeness (QED) is 0.133. The lowest BCUT2D eigenvalue weighted by molar-refractivity contribution is -0.153. The molecule has 0 aliphatic carbocycles. The predicted octanol–water partition coefficient (Wildman–Crippen LogP) is 3.25. The van der Waals surface area contributed by atoms with E-state index in [4.69, 9.17) is 15.0 Å². The average Bonchev–Trinajstić information content (AvgIpc) is 3.19. The van der Waals surface area contributed by atoms with Gasteiger partial charge in [0.25, 0.3) is 5.56 Å². The molecule has 1 saturated heterocycles. The van der Waals surface area contributed by atoms with E-state index in [0.29, 0.717) is 18.5 Å². The zero-order valence-corrected chi connectivity index (χ0v) is 19.3. The topological polar surface area (TPSA) is 159 Å². The molecule has 0 amide bonds. The van der Waals surface area contributed by atoms with E-state index in [2.05, 4.69) is 15.0 Å². The summed E-state index contributed by atoms with van der Waals surface area (Å²) >= 11 is 0. The van der Waals surface area contributed by atoms with Gasteiger partial charge >= 0.3 is 11.7 Å². The van der Waals surface area contributed by atoms with E-state index in [-0.39, 0.29) is 19.0 Å². The molecule has 1 aliphatic rings. The number of hydrogen-bond donors (Lipinski definition) is 2. The van der Waals surface area contributed by atoms with Crippen LogP contribution in [0.1, 0.15) is 82.4 Å². The number of aliphatic hydroxyl groups excluding tert-OH is 1. The summed E-state index contributed by atoms with van der Waals surface area (Å²) in [5, 5.41) is 13.1. The molecule has 0 radical (unpaired) electrons. The normalized spacial score (nSPS) is 19.9. The first-order valence-electron chi connectivity index (χ1n) is 11.7. The fraction of sp³-hybridized carbons (Fsp3) is 0.773. The third kappa shape index (κ3) is 9.03. The second-order valence-corrected chi connectivity index (χ2v) is 8.44. The Kier molecular flexibility index (Phi) is 11.7. The van der Waals surface area contributed by atoms with Crippen LogP contribution in [0, 0.1) is 6.92 Å². The summed E-state index contributed by atoms with van der Waals surface area (Å²) in [6, 6.07) is 0. The Bertz CT molecular complexity index is 907. The second kappa shape index (κ2) is 14.5. The molecule has 2 N–H and O–H groups in total. The van der Waals surface area contributed by atoms with Gasteiger partial charge in [-0.2, -0.15) is 0 Å². The van der Waals surface area contributed by atoms with Crippen LogP contribution in [0.4, 0.5) is 0 Å². The number of nitrogens with one attached hydrogen (secondary N) is 1. The van der Waals surface area contributed by atoms with Gasteiger partial charge in [0.05, 0.1) is 6.61 Å². The molecular formula is C22H35N5O6. The molecule has 0 unspecified atom stereocenters. The van der Waals surface area contributed by atoms with Crippen LogP contribution in [0.2, 0.25) is 0 Å². The van der Waals surface area contributed by atoms with Crippen LogP contribution >= 0.6 is 0 Å². The summed E-state index contributed by atoms with van der Waals surface area (Å²) in [5.41, 5.74) is 7.51. The van der Waals surface area contributed by atoms with Crippen molar-refractivity contribution in [2.75, 3.05) is 13.2 Å². The molecule has 0 saturated carbocycles. The minimum Gasteiger partial charge on any atom is -0.459 e. The molecular weight excluding hydrogens is 430 g/mol. The van der Waals surface area contributed by atoms with Gasteiger partial charge in [-0.3, -0.25) is 19.1 Å². The van der Waals surface area contributed by atoms with E-state index in [1.165, 1.54) is 17.2 Å². The summed E-state index contributed by atoms with van der Waals surface area (Å²) < 4.78 is 12.5. The number of carbonyl (C=O) groups is 1. The molecule has 1 aromatic rings. The van der Waals surface area contributed by atoms with Crippen molar-refractivity contribution in [3.8, 4) is 0 Å². The molecule has 3 atom stereocenters. The fourth-order valence-electron chi connectivity index (χ4n) is 3.92. The zero-order valence-electron chi connectivity index (χ0n) is 19.3. The molecule has 184 valence electrons. The molecule has 11 heteroatoms. The van der Waals surface area contributed by atoms with Crippen LogP contribution in [-0.4, -0.2) is 46.0 Å². The molecule has 11 nitrogen and oxygen atoms in total. The maximum absolute atomic E-state index is 12.2. The first kappa shape index (κ1) is 26.6. The lowest BCUT2D eigenvalue weighted by atomic mass is 10.1. The van der Waals surface area contributed by atoms with Crippen molar-refractivity contribution in [1.29, 1.82) is 0 Å². The Morgan fingerprint density at radius 3 is 2.48 bits per heavy atom. The second-order valence-electron chi connectivity index (χ2n) is 8.44. The van der Waals surface area contributed by atoms with Crippen LogP contribution in [0.5, 0.6) is 0 Å². The standard InChI is InChI=1S/C22H35N5O6/c1-16-14-27(22(31)25-21(16)30)19-13-17(18(15-28)32-19)33-20(29)11-9-7-5-3-2-4-6-8-10-12-24-26-23/h14,17-19,28H,2-13,15H2,1H3,(H,25,30,31)/t17-,18+,19+/m0/s1.